The summed E-state index contributed by atoms with van der Waals surface area (Å²) in [5.41, 5.74) is 0. The quantitative estimate of drug-likeness (QED) is 0.795. The van der Waals surface area contributed by atoms with Crippen LogP contribution >= 0.6 is 0 Å². The van der Waals surface area contributed by atoms with Gasteiger partial charge in [0, 0.05) is 31.0 Å². The highest BCUT2D eigenvalue weighted by Crippen LogP contribution is 2.30. The van der Waals surface area contributed by atoms with E-state index in [1.807, 2.05) is 17.7 Å². The van der Waals surface area contributed by atoms with Crippen LogP contribution in [0.15, 0.2) is 12.4 Å². The van der Waals surface area contributed by atoms with Crippen molar-refractivity contribution >= 4 is 5.91 Å². The number of hydrogen-bond donors (Lipinski definition) is 0. The number of imidazole rings is 1. The van der Waals surface area contributed by atoms with Crippen LogP contribution in [0.1, 0.15) is 25.1 Å². The minimum Gasteiger partial charge on any atom is -0.334 e. The summed E-state index contributed by atoms with van der Waals surface area (Å²) in [6.45, 7) is 4.50. The first-order chi connectivity index (χ1) is 9.15. The molecule has 2 saturated heterocycles. The number of carbonyl (C=O) groups excluding carboxylic acids is 1. The average Bonchev–Trinajstić information content (AvgIpc) is 2.88. The van der Waals surface area contributed by atoms with Crippen LogP contribution in [-0.4, -0.2) is 57.5 Å². The average molecular weight is 262 g/mol. The topological polar surface area (TPSA) is 41.4 Å². The fraction of sp³-hybridized carbons (Fsp3) is 0.714. The molecule has 104 valence electrons. The predicted octanol–water partition coefficient (Wildman–Crippen LogP) is 0.887. The zero-order chi connectivity index (χ0) is 13.4. The maximum Gasteiger partial charge on any atom is 0.243 e. The molecule has 0 saturated carbocycles. The summed E-state index contributed by atoms with van der Waals surface area (Å²) in [4.78, 5) is 21.3. The number of aromatic nitrogens is 2. The van der Waals surface area contributed by atoms with Crippen LogP contribution in [0.4, 0.5) is 0 Å². The summed E-state index contributed by atoms with van der Waals surface area (Å²) in [6, 6.07) is 0.861. The third-order valence-corrected chi connectivity index (χ3v) is 4.50. The van der Waals surface area contributed by atoms with Gasteiger partial charge in [-0.05, 0) is 39.8 Å². The minimum absolute atomic E-state index is 0.254. The van der Waals surface area contributed by atoms with Gasteiger partial charge < -0.3 is 14.4 Å². The van der Waals surface area contributed by atoms with Gasteiger partial charge in [-0.2, -0.15) is 0 Å². The van der Waals surface area contributed by atoms with E-state index in [0.29, 0.717) is 18.6 Å². The number of carbonyl (C=O) groups is 1. The molecule has 5 heteroatoms. The van der Waals surface area contributed by atoms with Gasteiger partial charge in [-0.15, -0.1) is 0 Å². The van der Waals surface area contributed by atoms with E-state index in [2.05, 4.69) is 21.8 Å². The van der Waals surface area contributed by atoms with E-state index >= 15 is 0 Å². The number of nitrogens with zero attached hydrogens (tertiary/aromatic N) is 4. The van der Waals surface area contributed by atoms with Crippen molar-refractivity contribution in [1.82, 2.24) is 19.4 Å². The van der Waals surface area contributed by atoms with Crippen LogP contribution in [0.25, 0.3) is 0 Å². The van der Waals surface area contributed by atoms with Crippen molar-refractivity contribution in [3.63, 3.8) is 0 Å². The molecule has 2 bridgehead atoms. The van der Waals surface area contributed by atoms with Crippen LogP contribution in [0, 0.1) is 6.92 Å². The highest BCUT2D eigenvalue weighted by atomic mass is 16.2. The van der Waals surface area contributed by atoms with Gasteiger partial charge in [-0.25, -0.2) is 4.98 Å². The number of rotatable bonds is 2. The smallest absolute Gasteiger partial charge is 0.243 e. The molecular weight excluding hydrogens is 240 g/mol. The molecule has 1 amide bonds. The third kappa shape index (κ3) is 2.39. The molecule has 0 unspecified atom stereocenters. The van der Waals surface area contributed by atoms with Crippen LogP contribution in [-0.2, 0) is 11.3 Å². The third-order valence-electron chi connectivity index (χ3n) is 4.50. The lowest BCUT2D eigenvalue weighted by Gasteiger charge is -2.28. The van der Waals surface area contributed by atoms with Gasteiger partial charge in [0.2, 0.25) is 5.91 Å². The van der Waals surface area contributed by atoms with E-state index in [1.54, 1.807) is 6.20 Å². The molecule has 2 aliphatic heterocycles. The molecule has 0 aromatic carbocycles. The first-order valence-electron chi connectivity index (χ1n) is 7.12. The minimum atomic E-state index is 0.254. The van der Waals surface area contributed by atoms with Gasteiger partial charge in [0.05, 0.1) is 0 Å². The molecule has 1 aromatic heterocycles. The number of amides is 1. The van der Waals surface area contributed by atoms with Crippen molar-refractivity contribution in [2.24, 2.45) is 0 Å². The standard InChI is InChI=1S/C14H22N4O/c1-11-15-6-8-17(11)10-14(19)18-12-3-4-13(18)9-16(2)7-5-12/h6,8,12-13H,3-5,7,9-10H2,1-2H3/t12-,13+/m1/s1. The van der Waals surface area contributed by atoms with Gasteiger partial charge in [-0.3, -0.25) is 4.79 Å². The molecule has 19 heavy (non-hydrogen) atoms. The Morgan fingerprint density at radius 3 is 2.89 bits per heavy atom. The van der Waals surface area contributed by atoms with Crippen LogP contribution in [0.3, 0.4) is 0 Å². The SMILES string of the molecule is Cc1nccn1CC(=O)N1[C@@H]2CC[C@H]1CN(C)CC2. The molecule has 5 nitrogen and oxygen atoms in total. The Morgan fingerprint density at radius 1 is 1.37 bits per heavy atom. The molecule has 0 radical (unpaired) electrons. The van der Waals surface area contributed by atoms with Crippen LogP contribution in [0.5, 0.6) is 0 Å². The first kappa shape index (κ1) is 12.7. The summed E-state index contributed by atoms with van der Waals surface area (Å²) in [5.74, 6) is 1.16. The lowest BCUT2D eigenvalue weighted by Crippen LogP contribution is -2.44. The Labute approximate surface area is 114 Å². The summed E-state index contributed by atoms with van der Waals surface area (Å²) < 4.78 is 1.94. The Morgan fingerprint density at radius 2 is 2.16 bits per heavy atom. The summed E-state index contributed by atoms with van der Waals surface area (Å²) in [6.07, 6.45) is 7.09. The molecule has 0 N–H and O–H groups in total. The normalized spacial score (nSPS) is 27.6. The molecule has 1 aromatic rings. The second-order valence-electron chi connectivity index (χ2n) is 5.84. The van der Waals surface area contributed by atoms with E-state index < -0.39 is 0 Å². The summed E-state index contributed by atoms with van der Waals surface area (Å²) in [7, 11) is 2.16. The van der Waals surface area contributed by atoms with Gasteiger partial charge in [0.1, 0.15) is 12.4 Å². The molecule has 0 spiro atoms. The van der Waals surface area contributed by atoms with E-state index in [9.17, 15) is 4.79 Å². The Kier molecular flexibility index (Phi) is 3.31. The van der Waals surface area contributed by atoms with E-state index in [4.69, 9.17) is 0 Å². The molecule has 2 aliphatic rings. The molecule has 2 fully saturated rings. The van der Waals surface area contributed by atoms with Crippen molar-refractivity contribution in [2.45, 2.75) is 44.8 Å². The van der Waals surface area contributed by atoms with Crippen molar-refractivity contribution in [3.8, 4) is 0 Å². The van der Waals surface area contributed by atoms with Crippen LogP contribution < -0.4 is 0 Å². The number of likely N-dealkylation sites (tertiary alicyclic amines) is 1. The van der Waals surface area contributed by atoms with E-state index in [-0.39, 0.29) is 5.91 Å². The summed E-state index contributed by atoms with van der Waals surface area (Å²) in [5, 5.41) is 0. The van der Waals surface area contributed by atoms with Gasteiger partial charge in [0.25, 0.3) is 0 Å². The first-order valence-corrected chi connectivity index (χ1v) is 7.12. The van der Waals surface area contributed by atoms with Crippen molar-refractivity contribution < 1.29 is 4.79 Å². The Balaban J connectivity index is 1.74. The Hall–Kier alpha value is -1.36. The molecule has 2 atom stereocenters. The fourth-order valence-corrected chi connectivity index (χ4v) is 3.45. The fourth-order valence-electron chi connectivity index (χ4n) is 3.45. The van der Waals surface area contributed by atoms with Crippen molar-refractivity contribution in [3.05, 3.63) is 18.2 Å². The van der Waals surface area contributed by atoms with Gasteiger partial charge in [0.15, 0.2) is 0 Å². The zero-order valence-corrected chi connectivity index (χ0v) is 11.7. The number of likely N-dealkylation sites (N-methyl/N-ethyl adjacent to an activating group) is 1. The van der Waals surface area contributed by atoms with Gasteiger partial charge >= 0.3 is 0 Å². The molecule has 3 heterocycles. The lowest BCUT2D eigenvalue weighted by atomic mass is 10.1. The highest BCUT2D eigenvalue weighted by Gasteiger charge is 2.39. The highest BCUT2D eigenvalue weighted by molar-refractivity contribution is 5.77. The number of fused-ring (bicyclic) bond motifs is 2. The maximum absolute atomic E-state index is 12.6. The van der Waals surface area contributed by atoms with Gasteiger partial charge in [-0.1, -0.05) is 0 Å². The summed E-state index contributed by atoms with van der Waals surface area (Å²) >= 11 is 0. The zero-order valence-electron chi connectivity index (χ0n) is 11.7. The predicted molar refractivity (Wildman–Crippen MR) is 72.7 cm³/mol. The lowest BCUT2D eigenvalue weighted by molar-refractivity contribution is -0.134. The van der Waals surface area contributed by atoms with E-state index in [0.717, 1.165) is 31.8 Å². The molecule has 3 rings (SSSR count). The molecule has 0 aliphatic carbocycles. The number of aryl methyl sites for hydroxylation is 1. The monoisotopic (exact) mass is 262 g/mol. The van der Waals surface area contributed by atoms with Crippen molar-refractivity contribution in [1.29, 1.82) is 0 Å². The maximum atomic E-state index is 12.6. The second kappa shape index (κ2) is 4.96. The second-order valence-corrected chi connectivity index (χ2v) is 5.84. The Bertz CT molecular complexity index is 470. The van der Waals surface area contributed by atoms with Crippen LogP contribution in [0.2, 0.25) is 0 Å². The molecular formula is C14H22N4O. The van der Waals surface area contributed by atoms with Crippen molar-refractivity contribution in [2.75, 3.05) is 20.1 Å². The largest absolute Gasteiger partial charge is 0.334 e. The van der Waals surface area contributed by atoms with E-state index in [1.165, 1.54) is 6.42 Å². The number of hydrogen-bond acceptors (Lipinski definition) is 3.